The van der Waals surface area contributed by atoms with E-state index in [1.54, 1.807) is 0 Å². The Hall–Kier alpha value is -6.64. The quantitative estimate of drug-likeness (QED) is 0.174. The van der Waals surface area contributed by atoms with E-state index in [1.807, 2.05) is 0 Å². The molecule has 1 aromatic heterocycles. The predicted molar refractivity (Wildman–Crippen MR) is 222 cm³/mol. The second kappa shape index (κ2) is 12.3. The number of fused-ring (bicyclic) bond motifs is 6. The Kier molecular flexibility index (Phi) is 7.19. The van der Waals surface area contributed by atoms with Gasteiger partial charge in [-0.05, 0) is 92.5 Å². The van der Waals surface area contributed by atoms with E-state index in [0.29, 0.717) is 0 Å². The van der Waals surface area contributed by atoms with E-state index < -0.39 is 0 Å². The lowest BCUT2D eigenvalue weighted by Crippen LogP contribution is -2.17. The van der Waals surface area contributed by atoms with Crippen LogP contribution in [-0.2, 0) is 5.41 Å². The number of hydrogen-bond acceptors (Lipinski definition) is 2. The Labute approximate surface area is 310 Å². The van der Waals surface area contributed by atoms with Gasteiger partial charge in [-0.15, -0.1) is 0 Å². The van der Waals surface area contributed by atoms with Crippen LogP contribution in [0.3, 0.4) is 0 Å². The Morgan fingerprint density at radius 3 is 1.77 bits per heavy atom. The van der Waals surface area contributed by atoms with Gasteiger partial charge in [0.1, 0.15) is 5.58 Å². The molecular formula is C51H37NO. The molecule has 0 radical (unpaired) electrons. The third-order valence-electron chi connectivity index (χ3n) is 11.1. The van der Waals surface area contributed by atoms with E-state index >= 15 is 0 Å². The summed E-state index contributed by atoms with van der Waals surface area (Å²) in [6, 6.07) is 67.9. The van der Waals surface area contributed by atoms with Gasteiger partial charge >= 0.3 is 0 Å². The summed E-state index contributed by atoms with van der Waals surface area (Å²) in [5.74, 6) is 0. The summed E-state index contributed by atoms with van der Waals surface area (Å²) >= 11 is 0. The molecule has 0 saturated heterocycles. The smallest absolute Gasteiger partial charge is 0.159 e. The van der Waals surface area contributed by atoms with Crippen LogP contribution in [0, 0.1) is 0 Å². The summed E-state index contributed by atoms with van der Waals surface area (Å²) in [5.41, 5.74) is 17.0. The maximum atomic E-state index is 6.88. The van der Waals surface area contributed by atoms with Crippen LogP contribution >= 0.6 is 0 Å². The molecule has 0 saturated carbocycles. The summed E-state index contributed by atoms with van der Waals surface area (Å²) < 4.78 is 6.88. The molecule has 2 heteroatoms. The van der Waals surface area contributed by atoms with Gasteiger partial charge < -0.3 is 9.32 Å². The Morgan fingerprint density at radius 2 is 1.02 bits per heavy atom. The summed E-state index contributed by atoms with van der Waals surface area (Å²) in [6.07, 6.45) is 0. The molecule has 0 bridgehead atoms. The fraction of sp³-hybridized carbons (Fsp3) is 0.0588. The van der Waals surface area contributed by atoms with E-state index in [0.717, 1.165) is 61.3 Å². The van der Waals surface area contributed by atoms with E-state index in [1.165, 1.54) is 33.4 Å². The molecule has 252 valence electrons. The Bertz CT molecular complexity index is 2800. The zero-order valence-corrected chi connectivity index (χ0v) is 29.8. The van der Waals surface area contributed by atoms with Crippen molar-refractivity contribution < 1.29 is 4.42 Å². The lowest BCUT2D eigenvalue weighted by Gasteiger charge is -2.30. The van der Waals surface area contributed by atoms with Gasteiger partial charge in [0.05, 0.1) is 11.4 Å². The Balaban J connectivity index is 1.30. The molecule has 1 aliphatic rings. The summed E-state index contributed by atoms with van der Waals surface area (Å²) in [7, 11) is 0. The molecule has 10 rings (SSSR count). The van der Waals surface area contributed by atoms with Gasteiger partial charge in [0.25, 0.3) is 0 Å². The van der Waals surface area contributed by atoms with Gasteiger partial charge in [-0.2, -0.15) is 0 Å². The van der Waals surface area contributed by atoms with Crippen LogP contribution in [0.4, 0.5) is 17.1 Å². The predicted octanol–water partition coefficient (Wildman–Crippen LogP) is 14.4. The molecule has 0 aliphatic heterocycles. The molecular weight excluding hydrogens is 643 g/mol. The maximum Gasteiger partial charge on any atom is 0.159 e. The summed E-state index contributed by atoms with van der Waals surface area (Å²) in [4.78, 5) is 2.44. The fourth-order valence-electron chi connectivity index (χ4n) is 8.40. The normalized spacial score (nSPS) is 12.9. The fourth-order valence-corrected chi connectivity index (χ4v) is 8.40. The molecule has 0 spiro atoms. The van der Waals surface area contributed by atoms with E-state index in [-0.39, 0.29) is 5.41 Å². The molecule has 53 heavy (non-hydrogen) atoms. The third kappa shape index (κ3) is 5.10. The second-order valence-electron chi connectivity index (χ2n) is 14.5. The zero-order chi connectivity index (χ0) is 35.5. The molecule has 9 aromatic rings. The first kappa shape index (κ1) is 31.1. The average Bonchev–Trinajstić information content (AvgIpc) is 3.71. The van der Waals surface area contributed by atoms with Crippen LogP contribution in [-0.4, -0.2) is 0 Å². The largest absolute Gasteiger partial charge is 0.454 e. The van der Waals surface area contributed by atoms with E-state index in [2.05, 4.69) is 207 Å². The molecule has 8 aromatic carbocycles. The molecule has 0 amide bonds. The number of hydrogen-bond donors (Lipinski definition) is 0. The minimum atomic E-state index is -0.159. The van der Waals surface area contributed by atoms with Crippen molar-refractivity contribution in [2.75, 3.05) is 4.90 Å². The highest BCUT2D eigenvalue weighted by molar-refractivity contribution is 6.12. The zero-order valence-electron chi connectivity index (χ0n) is 29.8. The third-order valence-corrected chi connectivity index (χ3v) is 11.1. The maximum absolute atomic E-state index is 6.88. The number of furan rings is 1. The molecule has 0 N–H and O–H groups in total. The highest BCUT2D eigenvalue weighted by atomic mass is 16.3. The minimum Gasteiger partial charge on any atom is -0.454 e. The first-order valence-corrected chi connectivity index (χ1v) is 18.3. The average molecular weight is 680 g/mol. The van der Waals surface area contributed by atoms with Crippen molar-refractivity contribution in [2.24, 2.45) is 0 Å². The molecule has 1 aliphatic carbocycles. The van der Waals surface area contributed by atoms with Gasteiger partial charge in [0.15, 0.2) is 5.58 Å². The van der Waals surface area contributed by atoms with Crippen molar-refractivity contribution in [1.29, 1.82) is 0 Å². The summed E-state index contributed by atoms with van der Waals surface area (Å²) in [5, 5.41) is 2.20. The molecule has 2 nitrogen and oxygen atoms in total. The van der Waals surface area contributed by atoms with Gasteiger partial charge in [-0.25, -0.2) is 0 Å². The Morgan fingerprint density at radius 1 is 0.396 bits per heavy atom. The highest BCUT2D eigenvalue weighted by Gasteiger charge is 2.36. The van der Waals surface area contributed by atoms with Crippen molar-refractivity contribution in [3.63, 3.8) is 0 Å². The lowest BCUT2D eigenvalue weighted by molar-refractivity contribution is 0.660. The van der Waals surface area contributed by atoms with Crippen LogP contribution in [0.2, 0.25) is 0 Å². The van der Waals surface area contributed by atoms with Crippen LogP contribution < -0.4 is 4.90 Å². The number of rotatable bonds is 6. The number of anilines is 3. The lowest BCUT2D eigenvalue weighted by atomic mass is 9.82. The van der Waals surface area contributed by atoms with Crippen LogP contribution in [0.15, 0.2) is 192 Å². The topological polar surface area (TPSA) is 16.4 Å². The number of para-hydroxylation sites is 1. The highest BCUT2D eigenvalue weighted by Crippen LogP contribution is 2.53. The van der Waals surface area contributed by atoms with Crippen molar-refractivity contribution in [3.05, 3.63) is 199 Å². The SMILES string of the molecule is CC1(C)c2ccccc2-c2ccc(N(c3ccc(-c4ccccc4)cc3-c3ccccc3)c3cc(-c4ccccc4)cc4c3oc3ccccc34)cc21. The molecule has 0 fully saturated rings. The number of nitrogens with zero attached hydrogens (tertiary/aromatic N) is 1. The first-order chi connectivity index (χ1) is 26.0. The van der Waals surface area contributed by atoms with E-state index in [4.69, 9.17) is 4.42 Å². The minimum absolute atomic E-state index is 0.159. The first-order valence-electron chi connectivity index (χ1n) is 18.3. The molecule has 0 unspecified atom stereocenters. The van der Waals surface area contributed by atoms with Crippen molar-refractivity contribution in [3.8, 4) is 44.5 Å². The summed E-state index contributed by atoms with van der Waals surface area (Å²) in [6.45, 7) is 4.70. The second-order valence-corrected chi connectivity index (χ2v) is 14.5. The van der Waals surface area contributed by atoms with Crippen molar-refractivity contribution in [1.82, 2.24) is 0 Å². The number of benzene rings is 8. The van der Waals surface area contributed by atoms with Crippen LogP contribution in [0.5, 0.6) is 0 Å². The van der Waals surface area contributed by atoms with Gasteiger partial charge in [0.2, 0.25) is 0 Å². The van der Waals surface area contributed by atoms with Crippen molar-refractivity contribution in [2.45, 2.75) is 19.3 Å². The van der Waals surface area contributed by atoms with Gasteiger partial charge in [-0.3, -0.25) is 0 Å². The van der Waals surface area contributed by atoms with Gasteiger partial charge in [0, 0.05) is 27.4 Å². The van der Waals surface area contributed by atoms with Crippen molar-refractivity contribution >= 4 is 39.0 Å². The molecule has 0 atom stereocenters. The van der Waals surface area contributed by atoms with Crippen LogP contribution in [0.1, 0.15) is 25.0 Å². The standard InChI is InChI=1S/C51H37NO/c1-51(2)45-24-14-12-22-40(45)41-28-27-39(33-46(41)51)52(47-29-26-37(34-16-6-3-7-17-34)30-43(47)36-20-10-5-11-21-36)48-32-38(35-18-8-4-9-19-35)31-44-42-23-13-15-25-49(42)53-50(44)48/h3-33H,1-2H3. The van der Waals surface area contributed by atoms with Crippen LogP contribution in [0.25, 0.3) is 66.4 Å². The molecule has 1 heterocycles. The monoisotopic (exact) mass is 679 g/mol. The van der Waals surface area contributed by atoms with Gasteiger partial charge in [-0.1, -0.05) is 159 Å². The van der Waals surface area contributed by atoms with E-state index in [9.17, 15) is 0 Å².